The number of rotatable bonds is 7. The number of pyridine rings is 1. The smallest absolute Gasteiger partial charge is 0.293 e. The molecule has 1 fully saturated rings. The van der Waals surface area contributed by atoms with Crippen molar-refractivity contribution < 1.29 is 13.7 Å². The summed E-state index contributed by atoms with van der Waals surface area (Å²) in [6.45, 7) is 11.5. The Labute approximate surface area is 216 Å². The molecule has 2 aromatic heterocycles. The number of nitrogens with zero attached hydrogens (tertiary/aromatic N) is 6. The number of alkyl halides is 1. The van der Waals surface area contributed by atoms with Gasteiger partial charge in [-0.3, -0.25) is 4.99 Å². The van der Waals surface area contributed by atoms with E-state index >= 15 is 0 Å². The van der Waals surface area contributed by atoms with Gasteiger partial charge in [0, 0.05) is 38.7 Å². The fraction of sp³-hybridized carbons (Fsp3) is 0.444. The second-order valence-corrected chi connectivity index (χ2v) is 10.4. The van der Waals surface area contributed by atoms with Gasteiger partial charge in [0.1, 0.15) is 17.4 Å². The van der Waals surface area contributed by atoms with Gasteiger partial charge in [-0.15, -0.1) is 0 Å². The minimum atomic E-state index is -1.77. The van der Waals surface area contributed by atoms with Gasteiger partial charge in [-0.25, -0.2) is 9.98 Å². The Morgan fingerprint density at radius 3 is 2.57 bits per heavy atom. The number of amidine groups is 2. The van der Waals surface area contributed by atoms with Gasteiger partial charge in [-0.1, -0.05) is 19.0 Å². The minimum absolute atomic E-state index is 0.0745. The van der Waals surface area contributed by atoms with Crippen molar-refractivity contribution in [2.45, 2.75) is 59.9 Å². The highest BCUT2D eigenvalue weighted by molar-refractivity contribution is 6.02. The van der Waals surface area contributed by atoms with E-state index in [1.807, 2.05) is 12.3 Å². The zero-order valence-electron chi connectivity index (χ0n) is 22.0. The maximum absolute atomic E-state index is 13.7. The van der Waals surface area contributed by atoms with E-state index in [0.717, 1.165) is 37.3 Å². The number of benzene rings is 1. The number of anilines is 1. The Morgan fingerprint density at radius 1 is 1.19 bits per heavy atom. The fourth-order valence-electron chi connectivity index (χ4n) is 3.93. The van der Waals surface area contributed by atoms with Crippen LogP contribution in [0.4, 0.5) is 10.2 Å². The molecule has 196 valence electrons. The Bertz CT molecular complexity index is 1270. The van der Waals surface area contributed by atoms with E-state index in [-0.39, 0.29) is 11.7 Å². The normalized spacial score (nSPS) is 16.6. The van der Waals surface area contributed by atoms with Crippen LogP contribution in [0.25, 0.3) is 11.4 Å². The molecule has 9 nitrogen and oxygen atoms in total. The molecule has 0 radical (unpaired) electrons. The topological polar surface area (TPSA) is 115 Å². The van der Waals surface area contributed by atoms with Crippen LogP contribution in [0, 0.1) is 5.41 Å². The van der Waals surface area contributed by atoms with E-state index in [1.54, 1.807) is 31.2 Å². The standard InChI is InChI=1S/C27H34FN7O2/c1-18(31-17-19-10-13-30-22(16-19)35-14-11-26(2,3)12-15-35)32-23(29)25-33-24(34-37-25)20-6-8-21(9-7-20)36-27(4,5)28/h6-10,13,16H,11-12,14-15,17H2,1-5H3,(H2,29,31,32). The van der Waals surface area contributed by atoms with E-state index in [9.17, 15) is 4.39 Å². The molecule has 3 aromatic rings. The van der Waals surface area contributed by atoms with Crippen LogP contribution in [-0.4, -0.2) is 45.7 Å². The van der Waals surface area contributed by atoms with Crippen LogP contribution < -0.4 is 15.4 Å². The first-order valence-corrected chi connectivity index (χ1v) is 12.3. The van der Waals surface area contributed by atoms with Crippen molar-refractivity contribution in [3.8, 4) is 17.1 Å². The second kappa shape index (κ2) is 10.7. The highest BCUT2D eigenvalue weighted by Crippen LogP contribution is 2.31. The molecule has 1 saturated heterocycles. The predicted octanol–water partition coefficient (Wildman–Crippen LogP) is 5.17. The molecular formula is C27H34FN7O2. The third-order valence-electron chi connectivity index (χ3n) is 6.14. The van der Waals surface area contributed by atoms with Gasteiger partial charge in [-0.2, -0.15) is 9.37 Å². The molecular weight excluding hydrogens is 473 g/mol. The monoisotopic (exact) mass is 507 g/mol. The fourth-order valence-corrected chi connectivity index (χ4v) is 3.93. The zero-order valence-corrected chi connectivity index (χ0v) is 22.0. The Morgan fingerprint density at radius 2 is 1.89 bits per heavy atom. The molecule has 0 saturated carbocycles. The van der Waals surface area contributed by atoms with Crippen LogP contribution >= 0.6 is 0 Å². The molecule has 3 heterocycles. The van der Waals surface area contributed by atoms with Gasteiger partial charge < -0.3 is 19.9 Å². The number of ether oxygens (including phenoxy) is 1. The van der Waals surface area contributed by atoms with Crippen molar-refractivity contribution >= 4 is 17.5 Å². The Kier molecular flexibility index (Phi) is 7.56. The first-order chi connectivity index (χ1) is 17.5. The summed E-state index contributed by atoms with van der Waals surface area (Å²) < 4.78 is 24.1. The summed E-state index contributed by atoms with van der Waals surface area (Å²) in [5.74, 6) is 0.601. The van der Waals surface area contributed by atoms with Crippen LogP contribution in [0.1, 0.15) is 58.9 Å². The lowest BCUT2D eigenvalue weighted by atomic mass is 9.83. The van der Waals surface area contributed by atoms with Crippen molar-refractivity contribution in [2.75, 3.05) is 18.0 Å². The first kappa shape index (κ1) is 26.2. The van der Waals surface area contributed by atoms with Crippen molar-refractivity contribution in [3.63, 3.8) is 0 Å². The van der Waals surface area contributed by atoms with Gasteiger partial charge in [0.15, 0.2) is 5.84 Å². The summed E-state index contributed by atoms with van der Waals surface area (Å²) >= 11 is 0. The van der Waals surface area contributed by atoms with Crippen molar-refractivity contribution in [3.05, 3.63) is 54.0 Å². The summed E-state index contributed by atoms with van der Waals surface area (Å²) in [5, 5.41) is 3.96. The van der Waals surface area contributed by atoms with Gasteiger partial charge in [0.25, 0.3) is 5.89 Å². The molecule has 0 atom stereocenters. The number of halogens is 1. The minimum Gasteiger partial charge on any atom is -0.459 e. The van der Waals surface area contributed by atoms with E-state index in [4.69, 9.17) is 15.0 Å². The average molecular weight is 508 g/mol. The molecule has 37 heavy (non-hydrogen) atoms. The third kappa shape index (κ3) is 7.34. The van der Waals surface area contributed by atoms with Crippen molar-refractivity contribution in [1.82, 2.24) is 15.1 Å². The first-order valence-electron chi connectivity index (χ1n) is 12.3. The van der Waals surface area contributed by atoms with Crippen LogP contribution in [-0.2, 0) is 6.54 Å². The molecule has 1 aliphatic rings. The number of hydrogen-bond donors (Lipinski definition) is 1. The molecule has 1 aliphatic heterocycles. The maximum Gasteiger partial charge on any atom is 0.293 e. The van der Waals surface area contributed by atoms with Crippen LogP contribution in [0.2, 0.25) is 0 Å². The Balaban J connectivity index is 1.38. The quantitative estimate of drug-likeness (QED) is 0.347. The molecule has 0 unspecified atom stereocenters. The maximum atomic E-state index is 13.7. The molecule has 0 spiro atoms. The lowest BCUT2D eigenvalue weighted by Crippen LogP contribution is -2.37. The van der Waals surface area contributed by atoms with Gasteiger partial charge in [0.2, 0.25) is 11.7 Å². The second-order valence-electron chi connectivity index (χ2n) is 10.4. The largest absolute Gasteiger partial charge is 0.459 e. The molecule has 4 rings (SSSR count). The van der Waals surface area contributed by atoms with Gasteiger partial charge in [0.05, 0.1) is 6.54 Å². The molecule has 0 aliphatic carbocycles. The number of nitrogens with two attached hydrogens (primary N) is 1. The highest BCUT2D eigenvalue weighted by Gasteiger charge is 2.26. The SMILES string of the molecule is CC(=NCc1ccnc(N2CCC(C)(C)CC2)c1)N=C(N)c1nc(-c2ccc(OC(C)(C)F)cc2)no1. The van der Waals surface area contributed by atoms with E-state index in [0.29, 0.717) is 34.9 Å². The highest BCUT2D eigenvalue weighted by atomic mass is 19.2. The predicted molar refractivity (Wildman–Crippen MR) is 143 cm³/mol. The van der Waals surface area contributed by atoms with Gasteiger partial charge in [-0.05, 0) is 67.1 Å². The number of aromatic nitrogens is 3. The average Bonchev–Trinajstić information content (AvgIpc) is 3.33. The van der Waals surface area contributed by atoms with E-state index in [2.05, 4.69) is 49.9 Å². The summed E-state index contributed by atoms with van der Waals surface area (Å²) in [6.07, 6.45) is 4.13. The molecule has 1 aromatic carbocycles. The van der Waals surface area contributed by atoms with Gasteiger partial charge >= 0.3 is 0 Å². The molecule has 0 amide bonds. The van der Waals surface area contributed by atoms with Crippen molar-refractivity contribution in [2.24, 2.45) is 21.1 Å². The Hall–Kier alpha value is -3.82. The number of hydrogen-bond acceptors (Lipinski definition) is 7. The number of piperidine rings is 1. The lowest BCUT2D eigenvalue weighted by Gasteiger charge is -2.37. The summed E-state index contributed by atoms with van der Waals surface area (Å²) in [5.41, 5.74) is 8.19. The van der Waals surface area contributed by atoms with Crippen molar-refractivity contribution in [1.29, 1.82) is 0 Å². The van der Waals surface area contributed by atoms with Crippen LogP contribution in [0.5, 0.6) is 5.75 Å². The van der Waals surface area contributed by atoms with E-state index < -0.39 is 5.85 Å². The summed E-state index contributed by atoms with van der Waals surface area (Å²) in [6, 6.07) is 10.7. The van der Waals surface area contributed by atoms with E-state index in [1.165, 1.54) is 13.8 Å². The molecule has 10 heteroatoms. The van der Waals surface area contributed by atoms with Crippen LogP contribution in [0.15, 0.2) is 57.1 Å². The summed E-state index contributed by atoms with van der Waals surface area (Å²) in [7, 11) is 0. The number of aliphatic imine (C=N–C) groups is 2. The lowest BCUT2D eigenvalue weighted by molar-refractivity contribution is -0.0256. The summed E-state index contributed by atoms with van der Waals surface area (Å²) in [4.78, 5) is 20.0. The third-order valence-corrected chi connectivity index (χ3v) is 6.14. The zero-order chi connectivity index (χ0) is 26.6. The molecule has 0 bridgehead atoms. The molecule has 2 N–H and O–H groups in total. The van der Waals surface area contributed by atoms with Crippen LogP contribution in [0.3, 0.4) is 0 Å².